The van der Waals surface area contributed by atoms with Crippen molar-refractivity contribution in [2.45, 2.75) is 71.2 Å². The Morgan fingerprint density at radius 2 is 1.88 bits per heavy atom. The van der Waals surface area contributed by atoms with Crippen LogP contribution in [-0.2, 0) is 10.2 Å². The molecule has 1 saturated heterocycles. The number of amides is 1. The van der Waals surface area contributed by atoms with Crippen molar-refractivity contribution in [2.75, 3.05) is 6.54 Å². The fourth-order valence-corrected chi connectivity index (χ4v) is 2.33. The van der Waals surface area contributed by atoms with Crippen molar-refractivity contribution in [3.05, 3.63) is 11.7 Å². The lowest BCUT2D eigenvalue weighted by molar-refractivity contribution is 0.0213. The maximum Gasteiger partial charge on any atom is 0.411 e. The Kier molecular flexibility index (Phi) is 4.70. The lowest BCUT2D eigenvalue weighted by Crippen LogP contribution is -2.43. The number of likely N-dealkylation sites (tertiary alicyclic amines) is 1. The summed E-state index contributed by atoms with van der Waals surface area (Å²) < 4.78 is 24.2. The number of hydrogen-bond acceptors (Lipinski definition) is 6. The number of alkyl halides is 1. The monoisotopic (exact) mass is 341 g/mol. The van der Waals surface area contributed by atoms with Crippen molar-refractivity contribution in [3.63, 3.8) is 0 Å². The molecule has 1 fully saturated rings. The first-order valence-corrected chi connectivity index (χ1v) is 7.90. The van der Waals surface area contributed by atoms with Gasteiger partial charge in [-0.3, -0.25) is 9.69 Å². The lowest BCUT2D eigenvalue weighted by Gasteiger charge is -2.27. The van der Waals surface area contributed by atoms with Gasteiger partial charge in [0.05, 0.1) is 6.54 Å². The Bertz CT molecular complexity index is 630. The van der Waals surface area contributed by atoms with Gasteiger partial charge >= 0.3 is 6.09 Å². The molecular weight excluding hydrogens is 317 g/mol. The summed E-state index contributed by atoms with van der Waals surface area (Å²) in [5, 5.41) is 3.68. The molecule has 0 spiro atoms. The molecule has 1 aromatic heterocycles. The van der Waals surface area contributed by atoms with Crippen LogP contribution in [0.5, 0.6) is 0 Å². The average Bonchev–Trinajstić information content (AvgIpc) is 3.01. The molecule has 1 amide bonds. The molecule has 0 aliphatic carbocycles. The van der Waals surface area contributed by atoms with E-state index in [0.717, 1.165) is 4.90 Å². The van der Waals surface area contributed by atoms with E-state index in [9.17, 15) is 14.0 Å². The van der Waals surface area contributed by atoms with E-state index in [4.69, 9.17) is 9.26 Å². The van der Waals surface area contributed by atoms with Crippen LogP contribution in [0, 0.1) is 0 Å². The number of carbonyl (C=O) groups excluding carboxylic acids is 2. The standard InChI is InChI=1S/C16H24FN3O4/c1-15(2,3)13-18-12(19-24-13)11(21)10-7-9(17)8-20(10)14(22)23-16(4,5)6/h9-10H,7-8H2,1-6H3/t9-,10-/m0/s1. The zero-order chi connectivity index (χ0) is 18.3. The Hall–Kier alpha value is -1.99. The number of carbonyl (C=O) groups is 2. The third-order valence-corrected chi connectivity index (χ3v) is 3.47. The third kappa shape index (κ3) is 4.10. The SMILES string of the molecule is CC(C)(C)OC(=O)N1C[C@@H](F)C[C@H]1C(=O)c1noc(C(C)(C)C)n1. The Morgan fingerprint density at radius 1 is 1.25 bits per heavy atom. The molecule has 0 unspecified atom stereocenters. The topological polar surface area (TPSA) is 85.5 Å². The van der Waals surface area contributed by atoms with Gasteiger partial charge in [-0.1, -0.05) is 25.9 Å². The van der Waals surface area contributed by atoms with Crippen molar-refractivity contribution < 1.29 is 23.2 Å². The number of ether oxygens (including phenoxy) is 1. The van der Waals surface area contributed by atoms with Gasteiger partial charge in [-0.05, 0) is 20.8 Å². The van der Waals surface area contributed by atoms with Crippen molar-refractivity contribution in [1.29, 1.82) is 0 Å². The van der Waals surface area contributed by atoms with Crippen LogP contribution in [0.2, 0.25) is 0 Å². The number of Topliss-reactive ketones (excluding diaryl/α,β-unsaturated/α-hetero) is 1. The fraction of sp³-hybridized carbons (Fsp3) is 0.750. The van der Waals surface area contributed by atoms with Gasteiger partial charge in [0.15, 0.2) is 0 Å². The van der Waals surface area contributed by atoms with E-state index in [1.54, 1.807) is 20.8 Å². The first kappa shape index (κ1) is 18.4. The van der Waals surface area contributed by atoms with Crippen LogP contribution >= 0.6 is 0 Å². The van der Waals surface area contributed by atoms with Crippen LogP contribution in [0.15, 0.2) is 4.52 Å². The number of aromatic nitrogens is 2. The smallest absolute Gasteiger partial charge is 0.411 e. The molecule has 2 rings (SSSR count). The quantitative estimate of drug-likeness (QED) is 0.769. The summed E-state index contributed by atoms with van der Waals surface area (Å²) in [7, 11) is 0. The normalized spacial score (nSPS) is 21.9. The van der Waals surface area contributed by atoms with Gasteiger partial charge < -0.3 is 9.26 Å². The van der Waals surface area contributed by atoms with Crippen molar-refractivity contribution in [2.24, 2.45) is 0 Å². The molecule has 0 aromatic carbocycles. The van der Waals surface area contributed by atoms with E-state index < -0.39 is 35.1 Å². The number of ketones is 1. The predicted molar refractivity (Wildman–Crippen MR) is 83.6 cm³/mol. The van der Waals surface area contributed by atoms with Gasteiger partial charge in [-0.25, -0.2) is 9.18 Å². The highest BCUT2D eigenvalue weighted by Gasteiger charge is 2.43. The van der Waals surface area contributed by atoms with Gasteiger partial charge in [0.25, 0.3) is 0 Å². The molecule has 7 nitrogen and oxygen atoms in total. The molecule has 1 aromatic rings. The molecule has 1 aliphatic heterocycles. The second-order valence-electron chi connectivity index (χ2n) is 8.02. The number of hydrogen-bond donors (Lipinski definition) is 0. The fourth-order valence-electron chi connectivity index (χ4n) is 2.33. The van der Waals surface area contributed by atoms with E-state index in [1.807, 2.05) is 20.8 Å². The van der Waals surface area contributed by atoms with Crippen molar-refractivity contribution in [3.8, 4) is 0 Å². The van der Waals surface area contributed by atoms with Gasteiger partial charge in [0.1, 0.15) is 17.8 Å². The second-order valence-corrected chi connectivity index (χ2v) is 8.02. The molecule has 0 radical (unpaired) electrons. The first-order valence-electron chi connectivity index (χ1n) is 7.90. The minimum atomic E-state index is -1.29. The summed E-state index contributed by atoms with van der Waals surface area (Å²) in [6, 6.07) is -0.986. The maximum atomic E-state index is 13.8. The zero-order valence-electron chi connectivity index (χ0n) is 14.9. The van der Waals surface area contributed by atoms with Crippen LogP contribution in [0.4, 0.5) is 9.18 Å². The van der Waals surface area contributed by atoms with Gasteiger partial charge in [-0.2, -0.15) is 4.98 Å². The predicted octanol–water partition coefficient (Wildman–Crippen LogP) is 2.90. The summed E-state index contributed by atoms with van der Waals surface area (Å²) >= 11 is 0. The molecule has 2 heterocycles. The van der Waals surface area contributed by atoms with E-state index in [-0.39, 0.29) is 18.8 Å². The van der Waals surface area contributed by atoms with E-state index in [2.05, 4.69) is 10.1 Å². The van der Waals surface area contributed by atoms with E-state index >= 15 is 0 Å². The van der Waals surface area contributed by atoms with Crippen molar-refractivity contribution >= 4 is 11.9 Å². The average molecular weight is 341 g/mol. The van der Waals surface area contributed by atoms with Crippen LogP contribution in [-0.4, -0.2) is 51.3 Å². The largest absolute Gasteiger partial charge is 0.444 e. The lowest BCUT2D eigenvalue weighted by atomic mass is 9.97. The van der Waals surface area contributed by atoms with Gasteiger partial charge in [-0.15, -0.1) is 0 Å². The molecule has 0 N–H and O–H groups in total. The minimum absolute atomic E-state index is 0.0997. The number of rotatable bonds is 2. The number of nitrogens with zero attached hydrogens (tertiary/aromatic N) is 3. The summed E-state index contributed by atoms with van der Waals surface area (Å²) in [6.07, 6.45) is -2.11. The molecule has 1 aliphatic rings. The molecule has 0 bridgehead atoms. The van der Waals surface area contributed by atoms with Crippen LogP contribution in [0.25, 0.3) is 0 Å². The molecule has 0 saturated carbocycles. The van der Waals surface area contributed by atoms with Gasteiger partial charge in [0.2, 0.25) is 17.5 Å². The molecular formula is C16H24FN3O4. The van der Waals surface area contributed by atoms with Crippen molar-refractivity contribution in [1.82, 2.24) is 15.0 Å². The Balaban J connectivity index is 2.20. The molecule has 2 atom stereocenters. The zero-order valence-corrected chi connectivity index (χ0v) is 14.9. The maximum absolute atomic E-state index is 13.8. The van der Waals surface area contributed by atoms with Crippen LogP contribution < -0.4 is 0 Å². The highest BCUT2D eigenvalue weighted by atomic mass is 19.1. The summed E-state index contributed by atoms with van der Waals surface area (Å²) in [6.45, 7) is 10.5. The van der Waals surface area contributed by atoms with E-state index in [0.29, 0.717) is 5.89 Å². The highest BCUT2D eigenvalue weighted by molar-refractivity contribution is 5.98. The first-order chi connectivity index (χ1) is 10.9. The van der Waals surface area contributed by atoms with E-state index in [1.165, 1.54) is 0 Å². The Morgan fingerprint density at radius 3 is 2.38 bits per heavy atom. The second kappa shape index (κ2) is 6.14. The summed E-state index contributed by atoms with van der Waals surface area (Å²) in [5.74, 6) is -0.377. The third-order valence-electron chi connectivity index (χ3n) is 3.47. The summed E-state index contributed by atoms with van der Waals surface area (Å²) in [5.41, 5.74) is -1.14. The molecule has 24 heavy (non-hydrogen) atoms. The number of halogens is 1. The molecule has 134 valence electrons. The van der Waals surface area contributed by atoms with Crippen LogP contribution in [0.1, 0.15) is 64.5 Å². The minimum Gasteiger partial charge on any atom is -0.444 e. The van der Waals surface area contributed by atoms with Crippen LogP contribution in [0.3, 0.4) is 0 Å². The highest BCUT2D eigenvalue weighted by Crippen LogP contribution is 2.26. The Labute approximate surface area is 140 Å². The summed E-state index contributed by atoms with van der Waals surface area (Å²) in [4.78, 5) is 30.0. The molecule has 8 heteroatoms. The van der Waals surface area contributed by atoms with Gasteiger partial charge in [0, 0.05) is 11.8 Å².